The lowest BCUT2D eigenvalue weighted by Gasteiger charge is -2.18. The molecule has 1 amide bonds. The monoisotopic (exact) mass is 481 g/mol. The van der Waals surface area contributed by atoms with E-state index in [-0.39, 0.29) is 11.6 Å². The molecule has 0 unspecified atom stereocenters. The van der Waals surface area contributed by atoms with Crippen molar-refractivity contribution in [2.75, 3.05) is 4.90 Å². The molecule has 2 aromatic heterocycles. The zero-order chi connectivity index (χ0) is 23.4. The molecule has 0 saturated carbocycles. The number of aromatic nitrogens is 4. The summed E-state index contributed by atoms with van der Waals surface area (Å²) >= 11 is 2.86. The minimum atomic E-state index is -0.463. The SMILES string of the molecule is CCCn1c(SCc2csc(N(C(C)=O)c3ccccc3F)n2)nnc1-c1cccc(C)c1. The van der Waals surface area contributed by atoms with Gasteiger partial charge in [0, 0.05) is 30.2 Å². The molecular formula is C24H24FN5OS2. The van der Waals surface area contributed by atoms with Crippen LogP contribution < -0.4 is 4.90 Å². The minimum absolute atomic E-state index is 0.198. The molecule has 4 aromatic rings. The van der Waals surface area contributed by atoms with Gasteiger partial charge in [-0.3, -0.25) is 9.69 Å². The molecule has 0 atom stereocenters. The molecule has 33 heavy (non-hydrogen) atoms. The second-order valence-corrected chi connectivity index (χ2v) is 9.32. The lowest BCUT2D eigenvalue weighted by molar-refractivity contribution is -0.115. The van der Waals surface area contributed by atoms with Gasteiger partial charge >= 0.3 is 0 Å². The van der Waals surface area contributed by atoms with E-state index in [1.165, 1.54) is 34.8 Å². The highest BCUT2D eigenvalue weighted by Crippen LogP contribution is 2.33. The topological polar surface area (TPSA) is 63.9 Å². The van der Waals surface area contributed by atoms with Gasteiger partial charge in [0.25, 0.3) is 0 Å². The van der Waals surface area contributed by atoms with Crippen molar-refractivity contribution in [3.63, 3.8) is 0 Å². The predicted molar refractivity (Wildman–Crippen MR) is 131 cm³/mol. The van der Waals surface area contributed by atoms with E-state index >= 15 is 0 Å². The molecular weight excluding hydrogens is 457 g/mol. The summed E-state index contributed by atoms with van der Waals surface area (Å²) in [6.45, 7) is 6.40. The number of rotatable bonds is 8. The fraction of sp³-hybridized carbons (Fsp3) is 0.250. The molecule has 2 heterocycles. The van der Waals surface area contributed by atoms with Crippen LogP contribution >= 0.6 is 23.1 Å². The number of para-hydroxylation sites is 1. The fourth-order valence-corrected chi connectivity index (χ4v) is 5.30. The first-order valence-corrected chi connectivity index (χ1v) is 12.5. The number of halogens is 1. The van der Waals surface area contributed by atoms with E-state index in [2.05, 4.69) is 45.7 Å². The van der Waals surface area contributed by atoms with Gasteiger partial charge in [0.05, 0.1) is 11.4 Å². The summed E-state index contributed by atoms with van der Waals surface area (Å²) in [6.07, 6.45) is 0.960. The molecule has 0 bridgehead atoms. The highest BCUT2D eigenvalue weighted by Gasteiger charge is 2.21. The third kappa shape index (κ3) is 5.15. The van der Waals surface area contributed by atoms with E-state index < -0.39 is 5.82 Å². The van der Waals surface area contributed by atoms with Crippen LogP contribution in [0.4, 0.5) is 15.2 Å². The predicted octanol–water partition coefficient (Wildman–Crippen LogP) is 6.24. The van der Waals surface area contributed by atoms with Gasteiger partial charge in [0.1, 0.15) is 5.82 Å². The fourth-order valence-electron chi connectivity index (χ4n) is 3.46. The van der Waals surface area contributed by atoms with Gasteiger partial charge in [-0.2, -0.15) is 0 Å². The number of hydrogen-bond acceptors (Lipinski definition) is 6. The standard InChI is InChI=1S/C24H24FN5OS2/c1-4-12-29-22(18-9-7-8-16(2)13-18)27-28-24(29)33-15-19-14-32-23(26-19)30(17(3)31)21-11-6-5-10-20(21)25/h5-11,13-14H,4,12,15H2,1-3H3. The van der Waals surface area contributed by atoms with Gasteiger partial charge in [0.15, 0.2) is 16.1 Å². The van der Waals surface area contributed by atoms with Crippen LogP contribution in [-0.4, -0.2) is 25.7 Å². The molecule has 2 aromatic carbocycles. The number of carbonyl (C=O) groups is 1. The van der Waals surface area contributed by atoms with Crippen LogP contribution in [0.1, 0.15) is 31.5 Å². The molecule has 0 fully saturated rings. The lowest BCUT2D eigenvalue weighted by Crippen LogP contribution is -2.23. The van der Waals surface area contributed by atoms with Gasteiger partial charge in [-0.05, 0) is 31.5 Å². The average Bonchev–Trinajstić information content (AvgIpc) is 3.41. The largest absolute Gasteiger partial charge is 0.302 e. The van der Waals surface area contributed by atoms with Crippen LogP contribution in [-0.2, 0) is 17.1 Å². The van der Waals surface area contributed by atoms with Crippen molar-refractivity contribution >= 4 is 39.8 Å². The number of carbonyl (C=O) groups excluding carboxylic acids is 1. The van der Waals surface area contributed by atoms with Crippen molar-refractivity contribution < 1.29 is 9.18 Å². The van der Waals surface area contributed by atoms with E-state index in [0.717, 1.165) is 35.2 Å². The van der Waals surface area contributed by atoms with Gasteiger partial charge in [-0.25, -0.2) is 9.37 Å². The summed E-state index contributed by atoms with van der Waals surface area (Å²) in [4.78, 5) is 18.2. The molecule has 0 saturated heterocycles. The molecule has 0 aliphatic rings. The molecule has 0 radical (unpaired) electrons. The maximum Gasteiger partial charge on any atom is 0.230 e. The maximum absolute atomic E-state index is 14.3. The Balaban J connectivity index is 1.55. The molecule has 0 aliphatic carbocycles. The van der Waals surface area contributed by atoms with Crippen molar-refractivity contribution in [3.05, 3.63) is 71.0 Å². The molecule has 170 valence electrons. The average molecular weight is 482 g/mol. The number of thioether (sulfide) groups is 1. The Morgan fingerprint density at radius 3 is 2.73 bits per heavy atom. The van der Waals surface area contributed by atoms with Crippen LogP contribution in [0.2, 0.25) is 0 Å². The summed E-state index contributed by atoms with van der Waals surface area (Å²) in [5.41, 5.74) is 3.21. The van der Waals surface area contributed by atoms with Gasteiger partial charge in [-0.1, -0.05) is 54.6 Å². The van der Waals surface area contributed by atoms with Gasteiger partial charge in [0.2, 0.25) is 5.91 Å². The first-order chi connectivity index (χ1) is 16.0. The summed E-state index contributed by atoms with van der Waals surface area (Å²) in [7, 11) is 0. The Morgan fingerprint density at radius 2 is 2.00 bits per heavy atom. The van der Waals surface area contributed by atoms with Crippen molar-refractivity contribution in [2.24, 2.45) is 0 Å². The quantitative estimate of drug-likeness (QED) is 0.279. The van der Waals surface area contributed by atoms with Crippen LogP contribution in [0.15, 0.2) is 59.1 Å². The Labute approximate surface area is 200 Å². The number of benzene rings is 2. The first kappa shape index (κ1) is 23.1. The van der Waals surface area contributed by atoms with Crippen molar-refractivity contribution in [2.45, 2.75) is 44.6 Å². The smallest absolute Gasteiger partial charge is 0.230 e. The third-order valence-electron chi connectivity index (χ3n) is 4.93. The molecule has 9 heteroatoms. The number of anilines is 2. The summed E-state index contributed by atoms with van der Waals surface area (Å²) < 4.78 is 16.4. The van der Waals surface area contributed by atoms with Crippen molar-refractivity contribution in [3.8, 4) is 11.4 Å². The van der Waals surface area contributed by atoms with Gasteiger partial charge < -0.3 is 4.57 Å². The Morgan fingerprint density at radius 1 is 1.18 bits per heavy atom. The number of aryl methyl sites for hydroxylation is 1. The number of nitrogens with zero attached hydrogens (tertiary/aromatic N) is 5. The van der Waals surface area contributed by atoms with E-state index in [1.807, 2.05) is 17.5 Å². The second-order valence-electron chi connectivity index (χ2n) is 7.54. The minimum Gasteiger partial charge on any atom is -0.302 e. The maximum atomic E-state index is 14.3. The zero-order valence-electron chi connectivity index (χ0n) is 18.7. The molecule has 0 spiro atoms. The summed E-state index contributed by atoms with van der Waals surface area (Å²) in [6, 6.07) is 14.4. The first-order valence-electron chi connectivity index (χ1n) is 10.6. The second kappa shape index (κ2) is 10.3. The van der Waals surface area contributed by atoms with E-state index in [1.54, 1.807) is 30.0 Å². The number of thiazole rings is 1. The van der Waals surface area contributed by atoms with Crippen LogP contribution in [0.3, 0.4) is 0 Å². The van der Waals surface area contributed by atoms with E-state index in [4.69, 9.17) is 0 Å². The van der Waals surface area contributed by atoms with E-state index in [9.17, 15) is 9.18 Å². The van der Waals surface area contributed by atoms with Crippen molar-refractivity contribution in [1.29, 1.82) is 0 Å². The lowest BCUT2D eigenvalue weighted by atomic mass is 10.1. The van der Waals surface area contributed by atoms with Crippen LogP contribution in [0.5, 0.6) is 0 Å². The molecule has 6 nitrogen and oxygen atoms in total. The Bertz CT molecular complexity index is 1270. The highest BCUT2D eigenvalue weighted by atomic mass is 32.2. The van der Waals surface area contributed by atoms with Crippen LogP contribution in [0, 0.1) is 12.7 Å². The van der Waals surface area contributed by atoms with Crippen molar-refractivity contribution in [1.82, 2.24) is 19.7 Å². The molecule has 0 aliphatic heterocycles. The Hall–Kier alpha value is -3.04. The van der Waals surface area contributed by atoms with E-state index in [0.29, 0.717) is 10.9 Å². The van der Waals surface area contributed by atoms with Crippen LogP contribution in [0.25, 0.3) is 11.4 Å². The molecule has 4 rings (SSSR count). The Kier molecular flexibility index (Phi) is 7.20. The summed E-state index contributed by atoms with van der Waals surface area (Å²) in [5, 5.41) is 12.0. The molecule has 0 N–H and O–H groups in total. The number of hydrogen-bond donors (Lipinski definition) is 0. The van der Waals surface area contributed by atoms with Gasteiger partial charge in [-0.15, -0.1) is 21.5 Å². The highest BCUT2D eigenvalue weighted by molar-refractivity contribution is 7.98. The third-order valence-corrected chi connectivity index (χ3v) is 6.80. The normalized spacial score (nSPS) is 11.0. The zero-order valence-corrected chi connectivity index (χ0v) is 20.3. The summed E-state index contributed by atoms with van der Waals surface area (Å²) in [5.74, 6) is 0.661. The number of amides is 1.